The maximum absolute atomic E-state index is 12.7. The molecule has 0 unspecified atom stereocenters. The molecule has 108 valence electrons. The Labute approximate surface area is 118 Å². The summed E-state index contributed by atoms with van der Waals surface area (Å²) in [5.74, 6) is 0. The number of hydrogen-bond acceptors (Lipinski definition) is 4. The number of anilines is 2. The Hall–Kier alpha value is -2.02. The molecule has 1 aromatic heterocycles. The molecule has 0 fully saturated rings. The minimum Gasteiger partial charge on any atom is -0.398 e. The van der Waals surface area contributed by atoms with Gasteiger partial charge in [0.2, 0.25) is 0 Å². The molecule has 0 atom stereocenters. The van der Waals surface area contributed by atoms with E-state index in [9.17, 15) is 8.42 Å². The van der Waals surface area contributed by atoms with Crippen LogP contribution in [-0.2, 0) is 10.0 Å². The monoisotopic (exact) mass is 294 g/mol. The van der Waals surface area contributed by atoms with Crippen LogP contribution in [0, 0.1) is 20.8 Å². The van der Waals surface area contributed by atoms with Crippen molar-refractivity contribution in [2.75, 3.05) is 17.1 Å². The molecule has 1 heterocycles. The van der Waals surface area contributed by atoms with E-state index in [0.717, 1.165) is 5.56 Å². The number of hydrogen-bond donors (Lipinski definition) is 2. The third-order valence-corrected chi connectivity index (χ3v) is 5.35. The van der Waals surface area contributed by atoms with Crippen molar-refractivity contribution >= 4 is 21.4 Å². The molecule has 20 heavy (non-hydrogen) atoms. The van der Waals surface area contributed by atoms with Crippen LogP contribution in [0.25, 0.3) is 0 Å². The van der Waals surface area contributed by atoms with E-state index < -0.39 is 10.0 Å². The lowest BCUT2D eigenvalue weighted by molar-refractivity contribution is 0.593. The van der Waals surface area contributed by atoms with Crippen molar-refractivity contribution < 1.29 is 8.42 Å². The maximum atomic E-state index is 12.7. The Morgan fingerprint density at radius 1 is 1.25 bits per heavy atom. The van der Waals surface area contributed by atoms with Crippen molar-refractivity contribution in [1.82, 2.24) is 10.2 Å². The van der Waals surface area contributed by atoms with Crippen LogP contribution in [-0.4, -0.2) is 25.7 Å². The number of nitrogens with two attached hydrogens (primary N) is 1. The fourth-order valence-electron chi connectivity index (χ4n) is 2.02. The molecule has 7 heteroatoms. The van der Waals surface area contributed by atoms with Gasteiger partial charge in [0.05, 0.1) is 17.1 Å². The first-order chi connectivity index (χ1) is 9.25. The zero-order chi connectivity index (χ0) is 15.1. The predicted molar refractivity (Wildman–Crippen MR) is 79.2 cm³/mol. The fraction of sp³-hybridized carbons (Fsp3) is 0.308. The van der Waals surface area contributed by atoms with E-state index in [1.54, 1.807) is 32.0 Å². The van der Waals surface area contributed by atoms with Crippen LogP contribution in [0.15, 0.2) is 23.1 Å². The van der Waals surface area contributed by atoms with E-state index in [-0.39, 0.29) is 4.90 Å². The highest BCUT2D eigenvalue weighted by Gasteiger charge is 2.27. The molecule has 3 N–H and O–H groups in total. The Balaban J connectivity index is 2.52. The highest BCUT2D eigenvalue weighted by Crippen LogP contribution is 2.27. The van der Waals surface area contributed by atoms with Gasteiger partial charge in [-0.05, 0) is 38.5 Å². The van der Waals surface area contributed by atoms with Gasteiger partial charge < -0.3 is 5.73 Å². The molecular formula is C13H18N4O2S. The fourth-order valence-corrected chi connectivity index (χ4v) is 3.54. The first kappa shape index (κ1) is 14.4. The number of nitrogen functional groups attached to an aromatic ring is 1. The molecule has 0 amide bonds. The van der Waals surface area contributed by atoms with Gasteiger partial charge in [0, 0.05) is 12.7 Å². The SMILES string of the molecule is Cc1ccc(N(C)S(=O)(=O)c2c(C)n[nH]c2C)cc1N. The quantitative estimate of drug-likeness (QED) is 0.843. The highest BCUT2D eigenvalue weighted by molar-refractivity contribution is 7.92. The third-order valence-electron chi connectivity index (χ3n) is 3.31. The average molecular weight is 294 g/mol. The van der Waals surface area contributed by atoms with Gasteiger partial charge in [-0.1, -0.05) is 6.07 Å². The minimum absolute atomic E-state index is 0.208. The Bertz CT molecular complexity index is 730. The highest BCUT2D eigenvalue weighted by atomic mass is 32.2. The Morgan fingerprint density at radius 3 is 2.40 bits per heavy atom. The van der Waals surface area contributed by atoms with Gasteiger partial charge in [0.15, 0.2) is 0 Å². The van der Waals surface area contributed by atoms with Crippen LogP contribution in [0.3, 0.4) is 0 Å². The summed E-state index contributed by atoms with van der Waals surface area (Å²) in [4.78, 5) is 0.208. The number of sulfonamides is 1. The molecule has 6 nitrogen and oxygen atoms in total. The lowest BCUT2D eigenvalue weighted by Gasteiger charge is -2.20. The van der Waals surface area contributed by atoms with E-state index in [1.165, 1.54) is 11.4 Å². The summed E-state index contributed by atoms with van der Waals surface area (Å²) in [5, 5.41) is 6.62. The summed E-state index contributed by atoms with van der Waals surface area (Å²) >= 11 is 0. The number of nitrogens with zero attached hydrogens (tertiary/aromatic N) is 2. The summed E-state index contributed by atoms with van der Waals surface area (Å²) in [6, 6.07) is 5.18. The second kappa shape index (κ2) is 4.82. The predicted octanol–water partition coefficient (Wildman–Crippen LogP) is 1.74. The van der Waals surface area contributed by atoms with Gasteiger partial charge in [0.1, 0.15) is 4.90 Å². The number of rotatable bonds is 3. The summed E-state index contributed by atoms with van der Waals surface area (Å²) in [6.07, 6.45) is 0. The molecule has 0 aliphatic carbocycles. The number of aromatic amines is 1. The molecule has 2 rings (SSSR count). The molecule has 0 saturated carbocycles. The number of aryl methyl sites for hydroxylation is 3. The van der Waals surface area contributed by atoms with Crippen molar-refractivity contribution in [3.05, 3.63) is 35.2 Å². The van der Waals surface area contributed by atoms with Gasteiger partial charge in [0.25, 0.3) is 10.0 Å². The number of H-pyrrole nitrogens is 1. The molecular weight excluding hydrogens is 276 g/mol. The number of benzene rings is 1. The third kappa shape index (κ3) is 2.24. The zero-order valence-corrected chi connectivity index (χ0v) is 12.7. The smallest absolute Gasteiger partial charge is 0.267 e. The van der Waals surface area contributed by atoms with Crippen molar-refractivity contribution in [3.8, 4) is 0 Å². The molecule has 1 aromatic carbocycles. The Morgan fingerprint density at radius 2 is 1.90 bits per heavy atom. The maximum Gasteiger partial charge on any atom is 0.267 e. The molecule has 0 aliphatic heterocycles. The van der Waals surface area contributed by atoms with Crippen LogP contribution < -0.4 is 10.0 Å². The van der Waals surface area contributed by atoms with E-state index in [1.807, 2.05) is 6.92 Å². The van der Waals surface area contributed by atoms with Crippen LogP contribution in [0.4, 0.5) is 11.4 Å². The number of aromatic nitrogens is 2. The van der Waals surface area contributed by atoms with Crippen LogP contribution in [0.1, 0.15) is 17.0 Å². The van der Waals surface area contributed by atoms with Crippen molar-refractivity contribution in [1.29, 1.82) is 0 Å². The first-order valence-electron chi connectivity index (χ1n) is 6.11. The van der Waals surface area contributed by atoms with Crippen LogP contribution in [0.2, 0.25) is 0 Å². The van der Waals surface area contributed by atoms with Crippen molar-refractivity contribution in [3.63, 3.8) is 0 Å². The molecule has 0 radical (unpaired) electrons. The molecule has 2 aromatic rings. The average Bonchev–Trinajstić information content (AvgIpc) is 2.72. The molecule has 0 spiro atoms. The van der Waals surface area contributed by atoms with Crippen molar-refractivity contribution in [2.24, 2.45) is 0 Å². The van der Waals surface area contributed by atoms with Gasteiger partial charge in [-0.15, -0.1) is 0 Å². The van der Waals surface area contributed by atoms with E-state index >= 15 is 0 Å². The van der Waals surface area contributed by atoms with E-state index in [2.05, 4.69) is 10.2 Å². The lowest BCUT2D eigenvalue weighted by Crippen LogP contribution is -2.27. The Kier molecular flexibility index (Phi) is 3.47. The van der Waals surface area contributed by atoms with Gasteiger partial charge in [-0.3, -0.25) is 9.40 Å². The topological polar surface area (TPSA) is 92.1 Å². The normalized spacial score (nSPS) is 11.6. The summed E-state index contributed by atoms with van der Waals surface area (Å²) in [7, 11) is -2.15. The zero-order valence-electron chi connectivity index (χ0n) is 11.9. The van der Waals surface area contributed by atoms with Crippen LogP contribution >= 0.6 is 0 Å². The second-order valence-corrected chi connectivity index (χ2v) is 6.68. The largest absolute Gasteiger partial charge is 0.398 e. The van der Waals surface area contributed by atoms with Gasteiger partial charge >= 0.3 is 0 Å². The summed E-state index contributed by atoms with van der Waals surface area (Å²) in [5.41, 5.74) is 8.81. The number of nitrogens with one attached hydrogen (secondary N) is 1. The lowest BCUT2D eigenvalue weighted by atomic mass is 10.2. The summed E-state index contributed by atoms with van der Waals surface area (Å²) in [6.45, 7) is 5.22. The van der Waals surface area contributed by atoms with E-state index in [0.29, 0.717) is 22.8 Å². The van der Waals surface area contributed by atoms with Gasteiger partial charge in [-0.25, -0.2) is 8.42 Å². The summed E-state index contributed by atoms with van der Waals surface area (Å²) < 4.78 is 26.5. The molecule has 0 saturated heterocycles. The van der Waals surface area contributed by atoms with Gasteiger partial charge in [-0.2, -0.15) is 5.10 Å². The standard InChI is InChI=1S/C13H18N4O2S/c1-8-5-6-11(7-12(8)14)17(4)20(18,19)13-9(2)15-16-10(13)3/h5-7H,14H2,1-4H3,(H,15,16). The molecule has 0 aliphatic rings. The van der Waals surface area contributed by atoms with E-state index in [4.69, 9.17) is 5.73 Å². The van der Waals surface area contributed by atoms with Crippen molar-refractivity contribution in [2.45, 2.75) is 25.7 Å². The molecule has 0 bridgehead atoms. The van der Waals surface area contributed by atoms with Crippen LogP contribution in [0.5, 0.6) is 0 Å². The second-order valence-electron chi connectivity index (χ2n) is 4.78. The first-order valence-corrected chi connectivity index (χ1v) is 7.55. The minimum atomic E-state index is -3.66.